The zero-order valence-electron chi connectivity index (χ0n) is 12.2. The van der Waals surface area contributed by atoms with Gasteiger partial charge >= 0.3 is 0 Å². The summed E-state index contributed by atoms with van der Waals surface area (Å²) in [5, 5.41) is 0. The fourth-order valence-corrected chi connectivity index (χ4v) is 3.43. The molecule has 0 aliphatic heterocycles. The van der Waals surface area contributed by atoms with E-state index in [-0.39, 0.29) is 0 Å². The maximum atomic E-state index is 3.46. The molecule has 1 radical (unpaired) electrons. The Morgan fingerprint density at radius 2 is 1.86 bits per heavy atom. The van der Waals surface area contributed by atoms with Crippen molar-refractivity contribution in [3.05, 3.63) is 89.0 Å². The van der Waals surface area contributed by atoms with Gasteiger partial charge in [-0.1, -0.05) is 71.8 Å². The Balaban J connectivity index is 1.88. The van der Waals surface area contributed by atoms with Gasteiger partial charge in [0.2, 0.25) is 0 Å². The van der Waals surface area contributed by atoms with Crippen LogP contribution >= 0.6 is 0 Å². The van der Waals surface area contributed by atoms with Crippen molar-refractivity contribution in [1.29, 1.82) is 0 Å². The van der Waals surface area contributed by atoms with Crippen molar-refractivity contribution in [2.45, 2.75) is 19.8 Å². The second-order valence-corrected chi connectivity index (χ2v) is 5.79. The number of allylic oxidation sites excluding steroid dienone is 5. The van der Waals surface area contributed by atoms with Crippen molar-refractivity contribution < 1.29 is 0 Å². The minimum atomic E-state index is 1.05. The van der Waals surface area contributed by atoms with Crippen molar-refractivity contribution in [3.8, 4) is 11.1 Å². The Labute approximate surface area is 126 Å². The standard InChI is InChI=1S/C21H17/c1-15(14-16-8-2-3-9-16)21-19-12-6-4-10-17(19)18-11-5-7-13-20(18)21/h2-8,10-12H,9,14H2,1H3/b21-15-. The van der Waals surface area contributed by atoms with Crippen LogP contribution in [-0.4, -0.2) is 0 Å². The molecule has 0 fully saturated rings. The lowest BCUT2D eigenvalue weighted by Crippen LogP contribution is -1.90. The summed E-state index contributed by atoms with van der Waals surface area (Å²) in [5.41, 5.74) is 9.62. The molecule has 0 heterocycles. The lowest BCUT2D eigenvalue weighted by Gasteiger charge is -2.10. The third-order valence-electron chi connectivity index (χ3n) is 4.36. The Morgan fingerprint density at radius 3 is 2.67 bits per heavy atom. The second kappa shape index (κ2) is 4.89. The van der Waals surface area contributed by atoms with Crippen LogP contribution in [0.2, 0.25) is 0 Å². The van der Waals surface area contributed by atoms with Gasteiger partial charge in [0, 0.05) is 0 Å². The molecule has 2 aliphatic rings. The van der Waals surface area contributed by atoms with Gasteiger partial charge in [0.1, 0.15) is 0 Å². The van der Waals surface area contributed by atoms with Crippen LogP contribution in [-0.2, 0) is 0 Å². The topological polar surface area (TPSA) is 0 Å². The van der Waals surface area contributed by atoms with Crippen molar-refractivity contribution in [3.63, 3.8) is 0 Å². The van der Waals surface area contributed by atoms with E-state index in [9.17, 15) is 0 Å². The Hall–Kier alpha value is -2.34. The third-order valence-corrected chi connectivity index (χ3v) is 4.36. The van der Waals surface area contributed by atoms with Gasteiger partial charge in [-0.25, -0.2) is 0 Å². The highest BCUT2D eigenvalue weighted by molar-refractivity contribution is 6.01. The van der Waals surface area contributed by atoms with Gasteiger partial charge in [-0.15, -0.1) is 0 Å². The molecule has 0 atom stereocenters. The van der Waals surface area contributed by atoms with Gasteiger partial charge in [-0.2, -0.15) is 0 Å². The molecule has 0 saturated carbocycles. The number of benzene rings is 2. The van der Waals surface area contributed by atoms with Crippen molar-refractivity contribution >= 4 is 5.57 Å². The van der Waals surface area contributed by atoms with Crippen LogP contribution in [0.1, 0.15) is 30.9 Å². The first kappa shape index (κ1) is 12.4. The van der Waals surface area contributed by atoms with E-state index in [0.29, 0.717) is 0 Å². The maximum Gasteiger partial charge on any atom is -0.00206 e. The van der Waals surface area contributed by atoms with Gasteiger partial charge < -0.3 is 0 Å². The first-order valence-corrected chi connectivity index (χ1v) is 7.50. The Bertz CT molecular complexity index is 753. The van der Waals surface area contributed by atoms with Gasteiger partial charge in [-0.3, -0.25) is 0 Å². The van der Waals surface area contributed by atoms with E-state index in [4.69, 9.17) is 0 Å². The first-order valence-electron chi connectivity index (χ1n) is 7.50. The summed E-state index contributed by atoms with van der Waals surface area (Å²) in [6, 6.07) is 18.5. The summed E-state index contributed by atoms with van der Waals surface area (Å²) < 4.78 is 0. The lowest BCUT2D eigenvalue weighted by atomic mass is 9.94. The molecule has 0 bridgehead atoms. The monoisotopic (exact) mass is 269 g/mol. The molecular weight excluding hydrogens is 252 g/mol. The molecule has 0 N–H and O–H groups in total. The number of hydrogen-bond donors (Lipinski definition) is 0. The zero-order valence-corrected chi connectivity index (χ0v) is 12.2. The highest BCUT2D eigenvalue weighted by Gasteiger charge is 2.24. The maximum absolute atomic E-state index is 3.46. The van der Waals surface area contributed by atoms with Crippen LogP contribution in [0.25, 0.3) is 16.7 Å². The number of fused-ring (bicyclic) bond motifs is 3. The highest BCUT2D eigenvalue weighted by atomic mass is 14.3. The van der Waals surface area contributed by atoms with Gasteiger partial charge in [0.05, 0.1) is 0 Å². The van der Waals surface area contributed by atoms with Crippen LogP contribution < -0.4 is 0 Å². The SMILES string of the molecule is C/C(CC1=CC=CC1)=C1/c2[c]cccc2-c2ccccc21. The quantitative estimate of drug-likeness (QED) is 0.571. The molecule has 101 valence electrons. The molecule has 0 amide bonds. The van der Waals surface area contributed by atoms with Crippen molar-refractivity contribution in [2.24, 2.45) is 0 Å². The summed E-state index contributed by atoms with van der Waals surface area (Å²) in [6.07, 6.45) is 8.79. The van der Waals surface area contributed by atoms with Crippen LogP contribution in [0.4, 0.5) is 0 Å². The van der Waals surface area contributed by atoms with E-state index in [1.807, 2.05) is 6.07 Å². The molecule has 2 aliphatic carbocycles. The van der Waals surface area contributed by atoms with E-state index in [1.54, 1.807) is 0 Å². The molecule has 0 heteroatoms. The summed E-state index contributed by atoms with van der Waals surface area (Å²) in [5.74, 6) is 0. The van der Waals surface area contributed by atoms with E-state index < -0.39 is 0 Å². The first-order chi connectivity index (χ1) is 10.3. The molecule has 0 aromatic heterocycles. The van der Waals surface area contributed by atoms with Crippen molar-refractivity contribution in [2.75, 3.05) is 0 Å². The fraction of sp³-hybridized carbons (Fsp3) is 0.143. The highest BCUT2D eigenvalue weighted by Crippen LogP contribution is 2.46. The number of rotatable bonds is 2. The Morgan fingerprint density at radius 1 is 1.05 bits per heavy atom. The average Bonchev–Trinajstić information content (AvgIpc) is 3.12. The normalized spacial score (nSPS) is 17.5. The van der Waals surface area contributed by atoms with Crippen LogP contribution in [0.3, 0.4) is 0 Å². The molecule has 21 heavy (non-hydrogen) atoms. The van der Waals surface area contributed by atoms with Gasteiger partial charge in [0.25, 0.3) is 0 Å². The van der Waals surface area contributed by atoms with E-state index in [2.05, 4.69) is 67.6 Å². The zero-order chi connectivity index (χ0) is 14.2. The minimum Gasteiger partial charge on any atom is -0.0804 e. The summed E-state index contributed by atoms with van der Waals surface area (Å²) in [7, 11) is 0. The fourth-order valence-electron chi connectivity index (χ4n) is 3.43. The van der Waals surface area contributed by atoms with Gasteiger partial charge in [-0.05, 0) is 53.7 Å². The van der Waals surface area contributed by atoms with E-state index >= 15 is 0 Å². The largest absolute Gasteiger partial charge is 0.0804 e. The average molecular weight is 269 g/mol. The lowest BCUT2D eigenvalue weighted by molar-refractivity contribution is 1.06. The summed E-state index contributed by atoms with van der Waals surface area (Å²) in [6.45, 7) is 2.27. The minimum absolute atomic E-state index is 1.05. The van der Waals surface area contributed by atoms with E-state index in [1.165, 1.54) is 39.0 Å². The molecule has 0 spiro atoms. The van der Waals surface area contributed by atoms with Crippen LogP contribution in [0.5, 0.6) is 0 Å². The predicted molar refractivity (Wildman–Crippen MR) is 88.9 cm³/mol. The third kappa shape index (κ3) is 1.99. The second-order valence-electron chi connectivity index (χ2n) is 5.79. The smallest absolute Gasteiger partial charge is 0.00206 e. The van der Waals surface area contributed by atoms with Crippen LogP contribution in [0, 0.1) is 6.07 Å². The molecular formula is C21H17. The predicted octanol–water partition coefficient (Wildman–Crippen LogP) is 5.57. The number of hydrogen-bond acceptors (Lipinski definition) is 0. The molecule has 0 nitrogen and oxygen atoms in total. The molecule has 4 rings (SSSR count). The van der Waals surface area contributed by atoms with E-state index in [0.717, 1.165) is 12.8 Å². The Kier molecular flexibility index (Phi) is 2.89. The summed E-state index contributed by atoms with van der Waals surface area (Å²) in [4.78, 5) is 0. The summed E-state index contributed by atoms with van der Waals surface area (Å²) >= 11 is 0. The molecule has 0 saturated heterocycles. The molecule has 2 aromatic rings. The van der Waals surface area contributed by atoms with Gasteiger partial charge in [0.15, 0.2) is 0 Å². The van der Waals surface area contributed by atoms with Crippen LogP contribution in [0.15, 0.2) is 71.8 Å². The molecule has 2 aromatic carbocycles. The van der Waals surface area contributed by atoms with Crippen molar-refractivity contribution in [1.82, 2.24) is 0 Å². The molecule has 0 unspecified atom stereocenters.